The maximum absolute atomic E-state index is 12.1. The number of carbonyl (C=O) groups excluding carboxylic acids is 3. The zero-order valence-electron chi connectivity index (χ0n) is 14.2. The summed E-state index contributed by atoms with van der Waals surface area (Å²) in [6, 6.07) is 4.89. The van der Waals surface area contributed by atoms with Crippen LogP contribution in [0.4, 0.5) is 16.4 Å². The number of hydrogen-bond donors (Lipinski definition) is 1. The lowest BCUT2D eigenvalue weighted by Crippen LogP contribution is -2.29. The number of nitrogens with zero attached hydrogens (tertiary/aromatic N) is 2. The van der Waals surface area contributed by atoms with Crippen molar-refractivity contribution in [1.29, 1.82) is 0 Å². The number of pyridine rings is 1. The molecule has 0 spiro atoms. The fourth-order valence-corrected chi connectivity index (χ4v) is 2.30. The Morgan fingerprint density at radius 2 is 2.04 bits per heavy atom. The van der Waals surface area contributed by atoms with Gasteiger partial charge in [0.2, 0.25) is 5.91 Å². The van der Waals surface area contributed by atoms with Gasteiger partial charge in [0.25, 0.3) is 0 Å². The van der Waals surface area contributed by atoms with Crippen LogP contribution in [0.2, 0.25) is 0 Å². The molecule has 2 heterocycles. The van der Waals surface area contributed by atoms with E-state index in [2.05, 4.69) is 15.0 Å². The predicted molar refractivity (Wildman–Crippen MR) is 86.6 cm³/mol. The Kier molecular flexibility index (Phi) is 5.06. The Hall–Kier alpha value is -2.64. The Morgan fingerprint density at radius 1 is 1.33 bits per heavy atom. The highest BCUT2D eigenvalue weighted by Crippen LogP contribution is 2.25. The average Bonchev–Trinajstić information content (AvgIpc) is 2.86. The van der Waals surface area contributed by atoms with Crippen molar-refractivity contribution in [2.24, 2.45) is 5.92 Å². The molecule has 1 N–H and O–H groups in total. The average molecular weight is 335 g/mol. The van der Waals surface area contributed by atoms with E-state index in [9.17, 15) is 14.4 Å². The van der Waals surface area contributed by atoms with Crippen LogP contribution in [0.25, 0.3) is 0 Å². The van der Waals surface area contributed by atoms with Crippen molar-refractivity contribution in [1.82, 2.24) is 4.98 Å². The zero-order chi connectivity index (χ0) is 17.9. The van der Waals surface area contributed by atoms with Gasteiger partial charge in [0, 0.05) is 13.0 Å². The molecule has 2 rings (SSSR count). The highest BCUT2D eigenvalue weighted by molar-refractivity contribution is 5.99. The molecule has 1 saturated heterocycles. The van der Waals surface area contributed by atoms with Gasteiger partial charge in [-0.3, -0.25) is 19.8 Å². The van der Waals surface area contributed by atoms with Gasteiger partial charge in [-0.25, -0.2) is 9.78 Å². The molecule has 0 aliphatic carbocycles. The first-order valence-corrected chi connectivity index (χ1v) is 7.55. The molecule has 130 valence electrons. The van der Waals surface area contributed by atoms with E-state index < -0.39 is 23.6 Å². The molecule has 8 nitrogen and oxygen atoms in total. The number of carbonyl (C=O) groups is 3. The lowest BCUT2D eigenvalue weighted by molar-refractivity contribution is -0.145. The van der Waals surface area contributed by atoms with Crippen LogP contribution < -0.4 is 10.2 Å². The Labute approximate surface area is 140 Å². The molecule has 0 bridgehead atoms. The normalized spacial score (nSPS) is 17.6. The molecule has 0 radical (unpaired) electrons. The smallest absolute Gasteiger partial charge is 0.413 e. The SMILES string of the molecule is COC(=O)C1CC(=O)N(c2cccc(NC(=O)OC(C)(C)C)n2)C1. The van der Waals surface area contributed by atoms with Crippen molar-refractivity contribution < 1.29 is 23.9 Å². The van der Waals surface area contributed by atoms with Crippen LogP contribution >= 0.6 is 0 Å². The molecule has 1 aromatic rings. The van der Waals surface area contributed by atoms with Gasteiger partial charge in [-0.05, 0) is 32.9 Å². The van der Waals surface area contributed by atoms with E-state index in [0.717, 1.165) is 0 Å². The number of methoxy groups -OCH3 is 1. The minimum absolute atomic E-state index is 0.0814. The second-order valence-corrected chi connectivity index (χ2v) is 6.44. The third-order valence-electron chi connectivity index (χ3n) is 3.30. The second kappa shape index (κ2) is 6.86. The van der Waals surface area contributed by atoms with E-state index in [1.807, 2.05) is 0 Å². The quantitative estimate of drug-likeness (QED) is 0.848. The van der Waals surface area contributed by atoms with Crippen LogP contribution in [0.5, 0.6) is 0 Å². The number of aromatic nitrogens is 1. The Bertz CT molecular complexity index is 653. The first-order chi connectivity index (χ1) is 11.2. The largest absolute Gasteiger partial charge is 0.469 e. The third-order valence-corrected chi connectivity index (χ3v) is 3.30. The topological polar surface area (TPSA) is 97.8 Å². The van der Waals surface area contributed by atoms with Crippen molar-refractivity contribution in [3.8, 4) is 0 Å². The molecule has 1 aromatic heterocycles. The first-order valence-electron chi connectivity index (χ1n) is 7.55. The summed E-state index contributed by atoms with van der Waals surface area (Å²) >= 11 is 0. The summed E-state index contributed by atoms with van der Waals surface area (Å²) in [6.45, 7) is 5.47. The molecule has 2 amide bonds. The summed E-state index contributed by atoms with van der Waals surface area (Å²) in [5.74, 6) is -0.524. The van der Waals surface area contributed by atoms with Crippen LogP contribution in [0, 0.1) is 5.92 Å². The molecular formula is C16H21N3O5. The number of amides is 2. The van der Waals surface area contributed by atoms with Gasteiger partial charge in [-0.2, -0.15) is 0 Å². The van der Waals surface area contributed by atoms with E-state index in [1.165, 1.54) is 12.0 Å². The molecule has 1 fully saturated rings. The highest BCUT2D eigenvalue weighted by atomic mass is 16.6. The number of hydrogen-bond acceptors (Lipinski definition) is 6. The van der Waals surface area contributed by atoms with Gasteiger partial charge in [-0.15, -0.1) is 0 Å². The molecule has 1 unspecified atom stereocenters. The van der Waals surface area contributed by atoms with Crippen molar-refractivity contribution in [2.75, 3.05) is 23.9 Å². The maximum atomic E-state index is 12.1. The second-order valence-electron chi connectivity index (χ2n) is 6.44. The van der Waals surface area contributed by atoms with Gasteiger partial charge in [-0.1, -0.05) is 6.07 Å². The van der Waals surface area contributed by atoms with Gasteiger partial charge >= 0.3 is 12.1 Å². The summed E-state index contributed by atoms with van der Waals surface area (Å²) in [6.07, 6.45) is -0.551. The van der Waals surface area contributed by atoms with E-state index in [0.29, 0.717) is 5.82 Å². The Morgan fingerprint density at radius 3 is 2.67 bits per heavy atom. The van der Waals surface area contributed by atoms with Gasteiger partial charge in [0.15, 0.2) is 0 Å². The zero-order valence-corrected chi connectivity index (χ0v) is 14.2. The highest BCUT2D eigenvalue weighted by Gasteiger charge is 2.36. The summed E-state index contributed by atoms with van der Waals surface area (Å²) in [4.78, 5) is 41.1. The van der Waals surface area contributed by atoms with Crippen molar-refractivity contribution in [3.05, 3.63) is 18.2 Å². The lowest BCUT2D eigenvalue weighted by atomic mass is 10.1. The van der Waals surface area contributed by atoms with Crippen LogP contribution in [0.15, 0.2) is 18.2 Å². The molecule has 1 aliphatic rings. The summed E-state index contributed by atoms with van der Waals surface area (Å²) in [5.41, 5.74) is -0.625. The maximum Gasteiger partial charge on any atom is 0.413 e. The Balaban J connectivity index is 2.09. The van der Waals surface area contributed by atoms with Crippen molar-refractivity contribution in [3.63, 3.8) is 0 Å². The van der Waals surface area contributed by atoms with Crippen LogP contribution in [0.1, 0.15) is 27.2 Å². The van der Waals surface area contributed by atoms with Crippen molar-refractivity contribution in [2.45, 2.75) is 32.8 Å². The molecule has 0 saturated carbocycles. The summed E-state index contributed by atoms with van der Waals surface area (Å²) < 4.78 is 9.84. The number of anilines is 2. The van der Waals surface area contributed by atoms with E-state index in [1.54, 1.807) is 39.0 Å². The molecular weight excluding hydrogens is 314 g/mol. The van der Waals surface area contributed by atoms with Gasteiger partial charge in [0.05, 0.1) is 13.0 Å². The van der Waals surface area contributed by atoms with E-state index in [4.69, 9.17) is 4.74 Å². The van der Waals surface area contributed by atoms with E-state index in [-0.39, 0.29) is 24.7 Å². The number of rotatable bonds is 3. The minimum atomic E-state index is -0.632. The molecule has 1 aliphatic heterocycles. The molecule has 0 aromatic carbocycles. The molecule has 8 heteroatoms. The first kappa shape index (κ1) is 17.7. The number of ether oxygens (including phenoxy) is 2. The lowest BCUT2D eigenvalue weighted by Gasteiger charge is -2.20. The molecule has 24 heavy (non-hydrogen) atoms. The monoisotopic (exact) mass is 335 g/mol. The van der Waals surface area contributed by atoms with Crippen molar-refractivity contribution >= 4 is 29.6 Å². The van der Waals surface area contributed by atoms with E-state index >= 15 is 0 Å². The summed E-state index contributed by atoms with van der Waals surface area (Å²) in [7, 11) is 1.29. The number of esters is 1. The fourth-order valence-electron chi connectivity index (χ4n) is 2.30. The predicted octanol–water partition coefficient (Wildman–Crippen LogP) is 1.95. The number of nitrogens with one attached hydrogen (secondary N) is 1. The minimum Gasteiger partial charge on any atom is -0.469 e. The standard InChI is InChI=1S/C16H21N3O5/c1-16(2,3)24-15(22)18-11-6-5-7-12(17-11)19-9-10(8-13(19)20)14(21)23-4/h5-7,10H,8-9H2,1-4H3,(H,17,18,22). The third kappa shape index (κ3) is 4.43. The van der Waals surface area contributed by atoms with Crippen LogP contribution in [0.3, 0.4) is 0 Å². The summed E-state index contributed by atoms with van der Waals surface area (Å²) in [5, 5.41) is 2.52. The van der Waals surface area contributed by atoms with Crippen LogP contribution in [-0.4, -0.2) is 42.2 Å². The van der Waals surface area contributed by atoms with Crippen LogP contribution in [-0.2, 0) is 19.1 Å². The van der Waals surface area contributed by atoms with Gasteiger partial charge < -0.3 is 9.47 Å². The molecule has 1 atom stereocenters. The van der Waals surface area contributed by atoms with Gasteiger partial charge in [0.1, 0.15) is 17.2 Å². The fraction of sp³-hybridized carbons (Fsp3) is 0.500.